The molecular formula is C14H15Br2NO2. The third-order valence-electron chi connectivity index (χ3n) is 4.41. The monoisotopic (exact) mass is 387 g/mol. The zero-order chi connectivity index (χ0) is 13.0. The third kappa shape index (κ3) is 2.02. The van der Waals surface area contributed by atoms with Gasteiger partial charge in [-0.25, -0.2) is 0 Å². The SMILES string of the molecule is Brc1cc2c(cc1Br)C1OC2CC1N1CCOCC1. The Hall–Kier alpha value is 0.0600. The van der Waals surface area contributed by atoms with Crippen molar-refractivity contribution in [3.8, 4) is 0 Å². The maximum absolute atomic E-state index is 6.19. The Labute approximate surface area is 129 Å². The lowest BCUT2D eigenvalue weighted by Crippen LogP contribution is -2.45. The van der Waals surface area contributed by atoms with Crippen LogP contribution in [0.2, 0.25) is 0 Å². The van der Waals surface area contributed by atoms with E-state index in [9.17, 15) is 0 Å². The highest BCUT2D eigenvalue weighted by Gasteiger charge is 2.47. The van der Waals surface area contributed by atoms with Crippen molar-refractivity contribution in [1.82, 2.24) is 4.90 Å². The molecule has 0 spiro atoms. The van der Waals surface area contributed by atoms with Crippen LogP contribution >= 0.6 is 31.9 Å². The highest BCUT2D eigenvalue weighted by Crippen LogP contribution is 2.53. The molecule has 1 aromatic carbocycles. The fourth-order valence-corrected chi connectivity index (χ4v) is 4.22. The molecule has 0 aromatic heterocycles. The lowest BCUT2D eigenvalue weighted by atomic mass is 9.87. The van der Waals surface area contributed by atoms with Crippen LogP contribution < -0.4 is 0 Å². The van der Waals surface area contributed by atoms with Gasteiger partial charge in [-0.3, -0.25) is 4.90 Å². The molecule has 3 unspecified atom stereocenters. The Balaban J connectivity index is 1.66. The van der Waals surface area contributed by atoms with Crippen molar-refractivity contribution in [1.29, 1.82) is 0 Å². The van der Waals surface area contributed by atoms with Gasteiger partial charge in [0.05, 0.1) is 25.4 Å². The number of morpholine rings is 1. The van der Waals surface area contributed by atoms with Gasteiger partial charge in [0.2, 0.25) is 0 Å². The smallest absolute Gasteiger partial charge is 0.0993 e. The number of nitrogens with zero attached hydrogens (tertiary/aromatic N) is 1. The van der Waals surface area contributed by atoms with Crippen molar-refractivity contribution >= 4 is 31.9 Å². The van der Waals surface area contributed by atoms with Crippen LogP contribution in [0.3, 0.4) is 0 Å². The van der Waals surface area contributed by atoms with Crippen LogP contribution in [0, 0.1) is 0 Å². The average molecular weight is 389 g/mol. The predicted molar refractivity (Wildman–Crippen MR) is 79.2 cm³/mol. The molecule has 0 N–H and O–H groups in total. The molecule has 3 aliphatic heterocycles. The summed E-state index contributed by atoms with van der Waals surface area (Å²) in [5, 5.41) is 0. The first-order chi connectivity index (χ1) is 9.24. The second-order valence-electron chi connectivity index (χ2n) is 5.39. The van der Waals surface area contributed by atoms with Gasteiger partial charge in [-0.1, -0.05) is 0 Å². The zero-order valence-electron chi connectivity index (χ0n) is 10.4. The summed E-state index contributed by atoms with van der Waals surface area (Å²) in [4.78, 5) is 2.53. The maximum Gasteiger partial charge on any atom is 0.0993 e. The summed E-state index contributed by atoms with van der Waals surface area (Å²) in [5.74, 6) is 0. The van der Waals surface area contributed by atoms with Gasteiger partial charge in [0.25, 0.3) is 0 Å². The number of fused-ring (bicyclic) bond motifs is 5. The van der Waals surface area contributed by atoms with Crippen LogP contribution in [0.15, 0.2) is 21.1 Å². The van der Waals surface area contributed by atoms with E-state index in [0.29, 0.717) is 6.04 Å². The van der Waals surface area contributed by atoms with Gasteiger partial charge in [0, 0.05) is 28.1 Å². The molecule has 2 saturated heterocycles. The molecule has 3 heterocycles. The second-order valence-corrected chi connectivity index (χ2v) is 7.10. The number of rotatable bonds is 1. The normalized spacial score (nSPS) is 33.7. The third-order valence-corrected chi connectivity index (χ3v) is 6.25. The molecule has 3 aliphatic rings. The van der Waals surface area contributed by atoms with E-state index in [-0.39, 0.29) is 12.2 Å². The first-order valence-electron chi connectivity index (χ1n) is 6.70. The van der Waals surface area contributed by atoms with Crippen LogP contribution in [0.4, 0.5) is 0 Å². The minimum Gasteiger partial charge on any atom is -0.379 e. The summed E-state index contributed by atoms with van der Waals surface area (Å²) < 4.78 is 13.9. The maximum atomic E-state index is 6.19. The standard InChI is InChI=1S/C14H15Br2NO2/c15-10-5-8-9(6-11(10)16)14-12(7-13(8)19-14)17-1-3-18-4-2-17/h5-6,12-14H,1-4,7H2. The van der Waals surface area contributed by atoms with Crippen LogP contribution in [0.1, 0.15) is 29.8 Å². The highest BCUT2D eigenvalue weighted by molar-refractivity contribution is 9.13. The summed E-state index contributed by atoms with van der Waals surface area (Å²) in [6.45, 7) is 3.77. The van der Waals surface area contributed by atoms with Crippen molar-refractivity contribution < 1.29 is 9.47 Å². The molecular weight excluding hydrogens is 374 g/mol. The molecule has 3 nitrogen and oxygen atoms in total. The molecule has 4 rings (SSSR count). The van der Waals surface area contributed by atoms with E-state index in [1.807, 2.05) is 0 Å². The number of hydrogen-bond donors (Lipinski definition) is 0. The minimum absolute atomic E-state index is 0.238. The molecule has 1 aromatic rings. The molecule has 102 valence electrons. The van der Waals surface area contributed by atoms with Gasteiger partial charge in [-0.2, -0.15) is 0 Å². The van der Waals surface area contributed by atoms with Crippen LogP contribution in [0.25, 0.3) is 0 Å². The lowest BCUT2D eigenvalue weighted by molar-refractivity contribution is -0.00844. The number of ether oxygens (including phenoxy) is 2. The van der Waals surface area contributed by atoms with Crippen molar-refractivity contribution in [2.24, 2.45) is 0 Å². The van der Waals surface area contributed by atoms with Gasteiger partial charge >= 0.3 is 0 Å². The lowest BCUT2D eigenvalue weighted by Gasteiger charge is -2.36. The Bertz CT molecular complexity index is 516. The molecule has 5 heteroatoms. The summed E-state index contributed by atoms with van der Waals surface area (Å²) in [6, 6.07) is 4.95. The molecule has 0 aliphatic carbocycles. The predicted octanol–water partition coefficient (Wildman–Crippen LogP) is 3.43. The Morgan fingerprint density at radius 1 is 1.05 bits per heavy atom. The van der Waals surface area contributed by atoms with Crippen molar-refractivity contribution in [3.05, 3.63) is 32.2 Å². The first kappa shape index (κ1) is 12.8. The minimum atomic E-state index is 0.238. The largest absolute Gasteiger partial charge is 0.379 e. The van der Waals surface area contributed by atoms with E-state index in [0.717, 1.165) is 41.7 Å². The second kappa shape index (κ2) is 4.81. The van der Waals surface area contributed by atoms with Gasteiger partial charge in [-0.05, 0) is 61.5 Å². The molecule has 2 fully saturated rings. The quantitative estimate of drug-likeness (QED) is 0.735. The van der Waals surface area contributed by atoms with Crippen molar-refractivity contribution in [2.45, 2.75) is 24.7 Å². The number of benzene rings is 1. The number of halogens is 2. The van der Waals surface area contributed by atoms with Crippen molar-refractivity contribution in [3.63, 3.8) is 0 Å². The Morgan fingerprint density at radius 3 is 2.47 bits per heavy atom. The summed E-state index contributed by atoms with van der Waals surface area (Å²) in [6.07, 6.45) is 1.63. The van der Waals surface area contributed by atoms with Gasteiger partial charge in [-0.15, -0.1) is 0 Å². The van der Waals surface area contributed by atoms with Gasteiger partial charge in [0.1, 0.15) is 0 Å². The highest BCUT2D eigenvalue weighted by atomic mass is 79.9. The van der Waals surface area contributed by atoms with Crippen LogP contribution in [0.5, 0.6) is 0 Å². The number of hydrogen-bond acceptors (Lipinski definition) is 3. The van der Waals surface area contributed by atoms with E-state index in [4.69, 9.17) is 9.47 Å². The molecule has 0 saturated carbocycles. The topological polar surface area (TPSA) is 21.7 Å². The molecule has 19 heavy (non-hydrogen) atoms. The molecule has 0 amide bonds. The van der Waals surface area contributed by atoms with Gasteiger partial charge in [0.15, 0.2) is 0 Å². The van der Waals surface area contributed by atoms with Crippen molar-refractivity contribution in [2.75, 3.05) is 26.3 Å². The fraction of sp³-hybridized carbons (Fsp3) is 0.571. The summed E-state index contributed by atoms with van der Waals surface area (Å²) in [5.41, 5.74) is 2.73. The van der Waals surface area contributed by atoms with E-state index in [1.54, 1.807) is 0 Å². The van der Waals surface area contributed by atoms with Crippen LogP contribution in [-0.4, -0.2) is 37.2 Å². The van der Waals surface area contributed by atoms with E-state index >= 15 is 0 Å². The van der Waals surface area contributed by atoms with E-state index < -0.39 is 0 Å². The van der Waals surface area contributed by atoms with Crippen LogP contribution in [-0.2, 0) is 9.47 Å². The zero-order valence-corrected chi connectivity index (χ0v) is 13.6. The van der Waals surface area contributed by atoms with E-state index in [2.05, 4.69) is 48.9 Å². The molecule has 2 bridgehead atoms. The van der Waals surface area contributed by atoms with E-state index in [1.165, 1.54) is 11.1 Å². The summed E-state index contributed by atoms with van der Waals surface area (Å²) >= 11 is 7.18. The first-order valence-corrected chi connectivity index (χ1v) is 8.29. The molecule has 3 atom stereocenters. The fourth-order valence-electron chi connectivity index (χ4n) is 3.50. The molecule has 0 radical (unpaired) electrons. The Morgan fingerprint density at radius 2 is 1.74 bits per heavy atom. The van der Waals surface area contributed by atoms with Gasteiger partial charge < -0.3 is 9.47 Å². The summed E-state index contributed by atoms with van der Waals surface area (Å²) in [7, 11) is 0. The Kier molecular flexibility index (Phi) is 3.23. The average Bonchev–Trinajstić information content (AvgIpc) is 2.99.